The Balaban J connectivity index is 2.11. The van der Waals surface area contributed by atoms with Crippen LogP contribution in [0.3, 0.4) is 0 Å². The average Bonchev–Trinajstić information content (AvgIpc) is 2.62. The molecular weight excluding hydrogens is 330 g/mol. The molecule has 2 aromatic carbocycles. The summed E-state index contributed by atoms with van der Waals surface area (Å²) in [7, 11) is 0. The Hall–Kier alpha value is -2.66. The predicted molar refractivity (Wildman–Crippen MR) is 101 cm³/mol. The van der Waals surface area contributed by atoms with E-state index in [0.29, 0.717) is 18.6 Å². The van der Waals surface area contributed by atoms with Crippen molar-refractivity contribution in [3.63, 3.8) is 0 Å². The lowest BCUT2D eigenvalue weighted by Crippen LogP contribution is -2.34. The molecule has 0 saturated carbocycles. The summed E-state index contributed by atoms with van der Waals surface area (Å²) in [5, 5.41) is 0. The van der Waals surface area contributed by atoms with Crippen LogP contribution in [0.2, 0.25) is 0 Å². The van der Waals surface area contributed by atoms with Crippen LogP contribution in [-0.4, -0.2) is 30.7 Å². The van der Waals surface area contributed by atoms with Crippen LogP contribution < -0.4 is 5.73 Å². The Kier molecular flexibility index (Phi) is 6.92. The molecule has 0 fully saturated rings. The highest BCUT2D eigenvalue weighted by atomic mass is 16.5. The third-order valence-corrected chi connectivity index (χ3v) is 3.77. The molecule has 5 heteroatoms. The maximum Gasteiger partial charge on any atom is 0.338 e. The SMILES string of the molecule is CCOC(=O)C(N)Cc1ccc(-c2cccc(C(=O)OC(C)C)c2)cc1. The van der Waals surface area contributed by atoms with Crippen molar-refractivity contribution in [2.45, 2.75) is 39.3 Å². The molecule has 0 aliphatic carbocycles. The van der Waals surface area contributed by atoms with Gasteiger partial charge in [0.15, 0.2) is 0 Å². The Labute approximate surface area is 154 Å². The van der Waals surface area contributed by atoms with E-state index in [1.807, 2.05) is 56.3 Å². The third kappa shape index (κ3) is 5.43. The number of hydrogen-bond acceptors (Lipinski definition) is 5. The van der Waals surface area contributed by atoms with E-state index in [9.17, 15) is 9.59 Å². The number of carbonyl (C=O) groups is 2. The van der Waals surface area contributed by atoms with Crippen molar-refractivity contribution in [3.8, 4) is 11.1 Å². The van der Waals surface area contributed by atoms with E-state index in [1.54, 1.807) is 13.0 Å². The Morgan fingerprint density at radius 2 is 1.73 bits per heavy atom. The summed E-state index contributed by atoms with van der Waals surface area (Å²) in [6.07, 6.45) is 0.258. The van der Waals surface area contributed by atoms with Crippen molar-refractivity contribution in [1.82, 2.24) is 0 Å². The summed E-state index contributed by atoms with van der Waals surface area (Å²) >= 11 is 0. The van der Waals surface area contributed by atoms with Gasteiger partial charge in [0.05, 0.1) is 18.3 Å². The minimum Gasteiger partial charge on any atom is -0.465 e. The quantitative estimate of drug-likeness (QED) is 0.771. The molecule has 138 valence electrons. The topological polar surface area (TPSA) is 78.6 Å². The first-order valence-corrected chi connectivity index (χ1v) is 8.73. The van der Waals surface area contributed by atoms with Crippen LogP contribution in [0.5, 0.6) is 0 Å². The minimum atomic E-state index is -0.671. The van der Waals surface area contributed by atoms with Gasteiger partial charge in [0.2, 0.25) is 0 Å². The molecule has 0 saturated heterocycles. The van der Waals surface area contributed by atoms with Crippen LogP contribution in [0, 0.1) is 0 Å². The van der Waals surface area contributed by atoms with E-state index in [2.05, 4.69) is 0 Å². The fourth-order valence-corrected chi connectivity index (χ4v) is 2.53. The minimum absolute atomic E-state index is 0.158. The smallest absolute Gasteiger partial charge is 0.338 e. The van der Waals surface area contributed by atoms with Gasteiger partial charge in [-0.05, 0) is 56.0 Å². The fourth-order valence-electron chi connectivity index (χ4n) is 2.53. The molecule has 2 aromatic rings. The van der Waals surface area contributed by atoms with Gasteiger partial charge in [0.25, 0.3) is 0 Å². The fraction of sp³-hybridized carbons (Fsp3) is 0.333. The van der Waals surface area contributed by atoms with Gasteiger partial charge in [-0.25, -0.2) is 4.79 Å². The monoisotopic (exact) mass is 355 g/mol. The normalized spacial score (nSPS) is 11.9. The van der Waals surface area contributed by atoms with Crippen LogP contribution in [0.15, 0.2) is 48.5 Å². The summed E-state index contributed by atoms with van der Waals surface area (Å²) in [5.74, 6) is -0.730. The number of benzene rings is 2. The molecule has 0 aliphatic rings. The molecule has 0 aliphatic heterocycles. The van der Waals surface area contributed by atoms with Gasteiger partial charge < -0.3 is 15.2 Å². The number of ether oxygens (including phenoxy) is 2. The number of carbonyl (C=O) groups excluding carboxylic acids is 2. The van der Waals surface area contributed by atoms with Crippen molar-refractivity contribution in [2.24, 2.45) is 5.73 Å². The van der Waals surface area contributed by atoms with Gasteiger partial charge in [-0.3, -0.25) is 4.79 Å². The molecule has 2 rings (SSSR count). The molecule has 1 atom stereocenters. The largest absolute Gasteiger partial charge is 0.465 e. The zero-order valence-corrected chi connectivity index (χ0v) is 15.4. The lowest BCUT2D eigenvalue weighted by atomic mass is 9.99. The summed E-state index contributed by atoms with van der Waals surface area (Å²) in [6, 6.07) is 14.4. The summed E-state index contributed by atoms with van der Waals surface area (Å²) in [4.78, 5) is 23.7. The average molecular weight is 355 g/mol. The van der Waals surface area contributed by atoms with Gasteiger partial charge in [0.1, 0.15) is 6.04 Å². The number of nitrogens with two attached hydrogens (primary N) is 1. The summed E-state index contributed by atoms with van der Waals surface area (Å²) < 4.78 is 10.2. The lowest BCUT2D eigenvalue weighted by Gasteiger charge is -2.11. The van der Waals surface area contributed by atoms with E-state index < -0.39 is 12.0 Å². The Morgan fingerprint density at radius 3 is 2.35 bits per heavy atom. The van der Waals surface area contributed by atoms with Crippen molar-refractivity contribution < 1.29 is 19.1 Å². The highest BCUT2D eigenvalue weighted by Gasteiger charge is 2.15. The molecule has 1 unspecified atom stereocenters. The van der Waals surface area contributed by atoms with Crippen LogP contribution in [-0.2, 0) is 20.7 Å². The molecule has 26 heavy (non-hydrogen) atoms. The Morgan fingerprint density at radius 1 is 1.04 bits per heavy atom. The van der Waals surface area contributed by atoms with E-state index in [0.717, 1.165) is 16.7 Å². The van der Waals surface area contributed by atoms with Crippen molar-refractivity contribution in [3.05, 3.63) is 59.7 Å². The zero-order valence-electron chi connectivity index (χ0n) is 15.4. The second-order valence-electron chi connectivity index (χ2n) is 6.29. The van der Waals surface area contributed by atoms with Crippen LogP contribution in [0.4, 0.5) is 0 Å². The standard InChI is InChI=1S/C21H25NO4/c1-4-25-21(24)19(22)12-15-8-10-16(11-9-15)17-6-5-7-18(13-17)20(23)26-14(2)3/h5-11,13-14,19H,4,12,22H2,1-3H3. The predicted octanol–water partition coefficient (Wildman–Crippen LogP) is 3.35. The zero-order chi connectivity index (χ0) is 19.1. The maximum absolute atomic E-state index is 12.1. The maximum atomic E-state index is 12.1. The van der Waals surface area contributed by atoms with Crippen molar-refractivity contribution >= 4 is 11.9 Å². The van der Waals surface area contributed by atoms with Gasteiger partial charge in [0, 0.05) is 0 Å². The van der Waals surface area contributed by atoms with E-state index in [4.69, 9.17) is 15.2 Å². The van der Waals surface area contributed by atoms with Crippen molar-refractivity contribution in [2.75, 3.05) is 6.61 Å². The molecule has 5 nitrogen and oxygen atoms in total. The first-order valence-electron chi connectivity index (χ1n) is 8.73. The van der Waals surface area contributed by atoms with Gasteiger partial charge in [-0.15, -0.1) is 0 Å². The van der Waals surface area contributed by atoms with Crippen molar-refractivity contribution in [1.29, 1.82) is 0 Å². The molecule has 2 N–H and O–H groups in total. The Bertz CT molecular complexity index is 753. The number of rotatable bonds is 7. The number of esters is 2. The highest BCUT2D eigenvalue weighted by Crippen LogP contribution is 2.22. The summed E-state index contributed by atoms with van der Waals surface area (Å²) in [6.45, 7) is 5.72. The summed E-state index contributed by atoms with van der Waals surface area (Å²) in [5.41, 5.74) is 9.21. The second-order valence-corrected chi connectivity index (χ2v) is 6.29. The molecule has 0 bridgehead atoms. The number of hydrogen-bond donors (Lipinski definition) is 1. The molecule has 0 amide bonds. The second kappa shape index (κ2) is 9.15. The van der Waals surface area contributed by atoms with E-state index >= 15 is 0 Å². The lowest BCUT2D eigenvalue weighted by molar-refractivity contribution is -0.144. The van der Waals surface area contributed by atoms with Crippen LogP contribution in [0.1, 0.15) is 36.7 Å². The highest BCUT2D eigenvalue weighted by molar-refractivity contribution is 5.91. The van der Waals surface area contributed by atoms with Gasteiger partial charge in [-0.2, -0.15) is 0 Å². The van der Waals surface area contributed by atoms with Crippen LogP contribution in [0.25, 0.3) is 11.1 Å². The van der Waals surface area contributed by atoms with E-state index in [-0.39, 0.29) is 12.1 Å². The van der Waals surface area contributed by atoms with Crippen LogP contribution >= 0.6 is 0 Å². The molecule has 0 aromatic heterocycles. The van der Waals surface area contributed by atoms with Gasteiger partial charge >= 0.3 is 11.9 Å². The molecule has 0 heterocycles. The molecular formula is C21H25NO4. The molecule has 0 spiro atoms. The first-order chi connectivity index (χ1) is 12.4. The van der Waals surface area contributed by atoms with Gasteiger partial charge in [-0.1, -0.05) is 36.4 Å². The molecule has 0 radical (unpaired) electrons. The first kappa shape index (κ1) is 19.7. The van der Waals surface area contributed by atoms with E-state index in [1.165, 1.54) is 0 Å². The third-order valence-electron chi connectivity index (χ3n) is 3.77.